The number of urea groups is 1. The van der Waals surface area contributed by atoms with Crippen LogP contribution in [-0.2, 0) is 28.7 Å². The normalized spacial score (nSPS) is 12.1. The lowest BCUT2D eigenvalue weighted by Crippen LogP contribution is -2.48. The van der Waals surface area contributed by atoms with Crippen molar-refractivity contribution in [3.8, 4) is 5.75 Å². The number of rotatable bonds is 9. The lowest BCUT2D eigenvalue weighted by Gasteiger charge is -2.28. The summed E-state index contributed by atoms with van der Waals surface area (Å²) in [5, 5.41) is 2.98. The van der Waals surface area contributed by atoms with E-state index in [1.807, 2.05) is 41.5 Å². The molecule has 1 heterocycles. The van der Waals surface area contributed by atoms with Gasteiger partial charge in [0, 0.05) is 18.6 Å². The molecule has 32 heavy (non-hydrogen) atoms. The van der Waals surface area contributed by atoms with E-state index in [0.29, 0.717) is 30.1 Å². The van der Waals surface area contributed by atoms with Gasteiger partial charge in [-0.1, -0.05) is 26.0 Å². The minimum absolute atomic E-state index is 0.0244. The Labute approximate surface area is 191 Å². The van der Waals surface area contributed by atoms with Gasteiger partial charge in [-0.2, -0.15) is 0 Å². The predicted molar refractivity (Wildman–Crippen MR) is 125 cm³/mol. The van der Waals surface area contributed by atoms with Crippen LogP contribution in [0.15, 0.2) is 35.6 Å². The average Bonchev–Trinajstić information content (AvgIpc) is 3.06. The number of sulfone groups is 1. The standard InChI is InChI=1S/C23H36N4O4S/c1-8-26(21(28)25-23(4,5)6)15-19-13-24-22(27(19)14-17(2)3)32(29,30)16-18-10-9-11-20(12-18)31-7/h9-13,17H,8,14-16H2,1-7H3,(H,25,28). The molecule has 1 N–H and O–H groups in total. The molecule has 0 saturated carbocycles. The summed E-state index contributed by atoms with van der Waals surface area (Å²) in [6.45, 7) is 12.9. The number of imidazole rings is 1. The van der Waals surface area contributed by atoms with Crippen LogP contribution in [0.3, 0.4) is 0 Å². The maximum absolute atomic E-state index is 13.3. The molecule has 2 rings (SSSR count). The van der Waals surface area contributed by atoms with Gasteiger partial charge in [-0.3, -0.25) is 0 Å². The van der Waals surface area contributed by atoms with E-state index in [2.05, 4.69) is 10.3 Å². The summed E-state index contributed by atoms with van der Waals surface area (Å²) in [6.07, 6.45) is 1.56. The topological polar surface area (TPSA) is 93.5 Å². The average molecular weight is 465 g/mol. The van der Waals surface area contributed by atoms with Crippen molar-refractivity contribution < 1.29 is 17.9 Å². The van der Waals surface area contributed by atoms with E-state index < -0.39 is 9.84 Å². The SMILES string of the molecule is CCN(Cc1cnc(S(=O)(=O)Cc2cccc(OC)c2)n1CC(C)C)C(=O)NC(C)(C)C. The number of aromatic nitrogens is 2. The second-order valence-electron chi connectivity index (χ2n) is 9.34. The molecule has 0 radical (unpaired) electrons. The van der Waals surface area contributed by atoms with Gasteiger partial charge in [0.15, 0.2) is 0 Å². The third kappa shape index (κ3) is 6.98. The second-order valence-corrected chi connectivity index (χ2v) is 11.2. The summed E-state index contributed by atoms with van der Waals surface area (Å²) in [5.74, 6) is 0.625. The largest absolute Gasteiger partial charge is 0.497 e. The molecule has 1 aromatic carbocycles. The van der Waals surface area contributed by atoms with Gasteiger partial charge in [0.05, 0.1) is 31.3 Å². The highest BCUT2D eigenvalue weighted by molar-refractivity contribution is 7.90. The van der Waals surface area contributed by atoms with E-state index >= 15 is 0 Å². The highest BCUT2D eigenvalue weighted by atomic mass is 32.2. The number of hydrogen-bond donors (Lipinski definition) is 1. The number of benzene rings is 1. The van der Waals surface area contributed by atoms with E-state index in [4.69, 9.17) is 4.74 Å². The van der Waals surface area contributed by atoms with E-state index in [-0.39, 0.29) is 34.9 Å². The molecular weight excluding hydrogens is 428 g/mol. The highest BCUT2D eigenvalue weighted by Crippen LogP contribution is 2.22. The van der Waals surface area contributed by atoms with Crippen LogP contribution >= 0.6 is 0 Å². The fraction of sp³-hybridized carbons (Fsp3) is 0.565. The van der Waals surface area contributed by atoms with Gasteiger partial charge in [0.1, 0.15) is 5.75 Å². The molecule has 178 valence electrons. The third-order valence-corrected chi connectivity index (χ3v) is 6.32. The fourth-order valence-corrected chi connectivity index (χ4v) is 4.78. The zero-order chi connectivity index (χ0) is 24.1. The fourth-order valence-electron chi connectivity index (χ4n) is 3.30. The first kappa shape index (κ1) is 25.7. The van der Waals surface area contributed by atoms with E-state index in [0.717, 1.165) is 0 Å². The van der Waals surface area contributed by atoms with Crippen molar-refractivity contribution in [1.29, 1.82) is 0 Å². The van der Waals surface area contributed by atoms with Crippen LogP contribution in [0.25, 0.3) is 0 Å². The molecule has 0 aliphatic rings. The molecule has 0 atom stereocenters. The molecule has 2 aromatic rings. The number of ether oxygens (including phenoxy) is 1. The Balaban J connectivity index is 2.37. The van der Waals surface area contributed by atoms with Gasteiger partial charge >= 0.3 is 6.03 Å². The molecule has 9 heteroatoms. The summed E-state index contributed by atoms with van der Waals surface area (Å²) in [4.78, 5) is 18.6. The first-order valence-electron chi connectivity index (χ1n) is 10.8. The van der Waals surface area contributed by atoms with Gasteiger partial charge in [-0.15, -0.1) is 0 Å². The van der Waals surface area contributed by atoms with Crippen LogP contribution in [0, 0.1) is 5.92 Å². The van der Waals surface area contributed by atoms with Crippen molar-refractivity contribution in [2.45, 2.75) is 71.1 Å². The second kappa shape index (κ2) is 10.4. The summed E-state index contributed by atoms with van der Waals surface area (Å²) in [5.41, 5.74) is 0.951. The Bertz CT molecular complexity index is 1020. The number of methoxy groups -OCH3 is 1. The summed E-state index contributed by atoms with van der Waals surface area (Å²) < 4.78 is 33.5. The van der Waals surface area contributed by atoms with Crippen LogP contribution in [0.2, 0.25) is 0 Å². The number of carbonyl (C=O) groups is 1. The van der Waals surface area contributed by atoms with Crippen molar-refractivity contribution in [1.82, 2.24) is 19.8 Å². The number of nitrogens with zero attached hydrogens (tertiary/aromatic N) is 3. The zero-order valence-corrected chi connectivity index (χ0v) is 21.0. The van der Waals surface area contributed by atoms with Gasteiger partial charge in [-0.05, 0) is 51.3 Å². The van der Waals surface area contributed by atoms with Crippen molar-refractivity contribution in [2.75, 3.05) is 13.7 Å². The molecular formula is C23H36N4O4S. The van der Waals surface area contributed by atoms with Crippen molar-refractivity contribution in [2.24, 2.45) is 5.92 Å². The lowest BCUT2D eigenvalue weighted by molar-refractivity contribution is 0.187. The van der Waals surface area contributed by atoms with Crippen LogP contribution in [-0.4, -0.2) is 48.1 Å². The van der Waals surface area contributed by atoms with Gasteiger partial charge in [0.2, 0.25) is 15.0 Å². The monoisotopic (exact) mass is 464 g/mol. The quantitative estimate of drug-likeness (QED) is 0.608. The Morgan fingerprint density at radius 2 is 1.97 bits per heavy atom. The molecule has 8 nitrogen and oxygen atoms in total. The smallest absolute Gasteiger partial charge is 0.318 e. The minimum Gasteiger partial charge on any atom is -0.497 e. The van der Waals surface area contributed by atoms with Crippen LogP contribution in [0.4, 0.5) is 4.79 Å². The van der Waals surface area contributed by atoms with Crippen LogP contribution in [0.5, 0.6) is 5.75 Å². The molecule has 0 bridgehead atoms. The van der Waals surface area contributed by atoms with Gasteiger partial charge < -0.3 is 19.5 Å². The molecule has 0 fully saturated rings. The van der Waals surface area contributed by atoms with Gasteiger partial charge in [-0.25, -0.2) is 18.2 Å². The summed E-state index contributed by atoms with van der Waals surface area (Å²) >= 11 is 0. The minimum atomic E-state index is -3.71. The van der Waals surface area contributed by atoms with Crippen LogP contribution in [0.1, 0.15) is 52.8 Å². The highest BCUT2D eigenvalue weighted by Gasteiger charge is 2.26. The summed E-state index contributed by atoms with van der Waals surface area (Å²) in [7, 11) is -2.16. The summed E-state index contributed by atoms with van der Waals surface area (Å²) in [6, 6.07) is 6.81. The number of carbonyl (C=O) groups excluding carboxylic acids is 1. The Hall–Kier alpha value is -2.55. The molecule has 2 amide bonds. The third-order valence-electron chi connectivity index (χ3n) is 4.72. The molecule has 0 saturated heterocycles. The van der Waals surface area contributed by atoms with Crippen molar-refractivity contribution in [3.05, 3.63) is 41.7 Å². The molecule has 1 aromatic heterocycles. The molecule has 0 aliphatic carbocycles. The first-order chi connectivity index (χ1) is 14.9. The van der Waals surface area contributed by atoms with E-state index in [1.165, 1.54) is 0 Å². The van der Waals surface area contributed by atoms with E-state index in [9.17, 15) is 13.2 Å². The zero-order valence-electron chi connectivity index (χ0n) is 20.2. The lowest BCUT2D eigenvalue weighted by atomic mass is 10.1. The van der Waals surface area contributed by atoms with Crippen molar-refractivity contribution in [3.63, 3.8) is 0 Å². The number of nitrogens with one attached hydrogen (secondary N) is 1. The Morgan fingerprint density at radius 1 is 1.28 bits per heavy atom. The van der Waals surface area contributed by atoms with Crippen molar-refractivity contribution >= 4 is 15.9 Å². The molecule has 0 spiro atoms. The number of hydrogen-bond acceptors (Lipinski definition) is 5. The van der Waals surface area contributed by atoms with Gasteiger partial charge in [0.25, 0.3) is 0 Å². The van der Waals surface area contributed by atoms with Crippen LogP contribution < -0.4 is 10.1 Å². The molecule has 0 aliphatic heterocycles. The maximum Gasteiger partial charge on any atom is 0.318 e. The Kier molecular flexibility index (Phi) is 8.34. The number of amides is 2. The first-order valence-corrected chi connectivity index (χ1v) is 12.5. The molecule has 0 unspecified atom stereocenters. The Morgan fingerprint density at radius 3 is 2.53 bits per heavy atom. The van der Waals surface area contributed by atoms with E-state index in [1.54, 1.807) is 47.0 Å². The maximum atomic E-state index is 13.3. The predicted octanol–water partition coefficient (Wildman–Crippen LogP) is 3.85.